The highest BCUT2D eigenvalue weighted by atomic mass is 79.9. The molecule has 7 nitrogen and oxygen atoms in total. The van der Waals surface area contributed by atoms with E-state index in [0.717, 1.165) is 10.2 Å². The summed E-state index contributed by atoms with van der Waals surface area (Å²) in [6, 6.07) is 3.69. The summed E-state index contributed by atoms with van der Waals surface area (Å²) in [5.74, 6) is 0.804. The molecule has 2 aromatic heterocycles. The Morgan fingerprint density at radius 1 is 1.38 bits per heavy atom. The van der Waals surface area contributed by atoms with E-state index >= 15 is 0 Å². The molecule has 0 fully saturated rings. The molecule has 0 aromatic carbocycles. The number of hydrogen-bond donors (Lipinski definition) is 1. The van der Waals surface area contributed by atoms with Gasteiger partial charge in [0.15, 0.2) is 0 Å². The summed E-state index contributed by atoms with van der Waals surface area (Å²) >= 11 is 3.31. The molecule has 0 saturated carbocycles. The van der Waals surface area contributed by atoms with Crippen molar-refractivity contribution in [3.8, 4) is 0 Å². The summed E-state index contributed by atoms with van der Waals surface area (Å²) in [6.45, 7) is 3.87. The maximum atomic E-state index is 11.2. The zero-order chi connectivity index (χ0) is 15.4. The number of halogens is 1. The quantitative estimate of drug-likeness (QED) is 0.657. The summed E-state index contributed by atoms with van der Waals surface area (Å²) in [6.07, 6.45) is 2.29. The number of nitro groups is 1. The van der Waals surface area contributed by atoms with Crippen LogP contribution in [-0.4, -0.2) is 19.9 Å². The van der Waals surface area contributed by atoms with Gasteiger partial charge in [0, 0.05) is 17.1 Å². The van der Waals surface area contributed by atoms with Crippen LogP contribution in [0.25, 0.3) is 0 Å². The SMILES string of the molecule is CCc1nc(C)c([N+](=O)[O-])c(NCc2ccc(Br)cn2)n1. The van der Waals surface area contributed by atoms with Gasteiger partial charge < -0.3 is 5.32 Å². The maximum Gasteiger partial charge on any atom is 0.332 e. The number of aromatic nitrogens is 3. The van der Waals surface area contributed by atoms with Crippen LogP contribution in [0, 0.1) is 17.0 Å². The van der Waals surface area contributed by atoms with E-state index in [2.05, 4.69) is 36.2 Å². The second-order valence-electron chi connectivity index (χ2n) is 4.35. The average molecular weight is 352 g/mol. The molecule has 0 amide bonds. The van der Waals surface area contributed by atoms with Gasteiger partial charge in [-0.25, -0.2) is 9.97 Å². The fraction of sp³-hybridized carbons (Fsp3) is 0.308. The molecule has 0 unspecified atom stereocenters. The van der Waals surface area contributed by atoms with Crippen LogP contribution in [-0.2, 0) is 13.0 Å². The van der Waals surface area contributed by atoms with Gasteiger partial charge in [-0.05, 0) is 35.0 Å². The fourth-order valence-corrected chi connectivity index (χ4v) is 2.04. The van der Waals surface area contributed by atoms with Crippen molar-refractivity contribution >= 4 is 27.4 Å². The number of anilines is 1. The topological polar surface area (TPSA) is 93.8 Å². The minimum absolute atomic E-state index is 0.0932. The Morgan fingerprint density at radius 3 is 2.71 bits per heavy atom. The summed E-state index contributed by atoms with van der Waals surface area (Å²) in [5, 5.41) is 14.1. The van der Waals surface area contributed by atoms with Crippen molar-refractivity contribution in [2.24, 2.45) is 0 Å². The molecule has 2 aromatic rings. The average Bonchev–Trinajstić information content (AvgIpc) is 2.45. The monoisotopic (exact) mass is 351 g/mol. The third-order valence-electron chi connectivity index (χ3n) is 2.83. The van der Waals surface area contributed by atoms with Crippen molar-refractivity contribution in [2.45, 2.75) is 26.8 Å². The van der Waals surface area contributed by atoms with Crippen molar-refractivity contribution in [1.82, 2.24) is 15.0 Å². The molecule has 1 N–H and O–H groups in total. The molecule has 0 aliphatic heterocycles. The van der Waals surface area contributed by atoms with Crippen LogP contribution in [0.5, 0.6) is 0 Å². The van der Waals surface area contributed by atoms with E-state index in [-0.39, 0.29) is 11.5 Å². The standard InChI is InChI=1S/C13H14BrN5O2/c1-3-11-17-8(2)12(19(20)21)13(18-11)16-7-10-5-4-9(14)6-15-10/h4-6H,3,7H2,1-2H3,(H,16,17,18). The predicted octanol–water partition coefficient (Wildman–Crippen LogP) is 3.03. The number of aryl methyl sites for hydroxylation is 2. The molecule has 0 saturated heterocycles. The Balaban J connectivity index is 2.27. The largest absolute Gasteiger partial charge is 0.359 e. The van der Waals surface area contributed by atoms with Crippen LogP contribution in [0.3, 0.4) is 0 Å². The van der Waals surface area contributed by atoms with Gasteiger partial charge in [0.25, 0.3) is 0 Å². The van der Waals surface area contributed by atoms with E-state index in [4.69, 9.17) is 0 Å². The fourth-order valence-electron chi connectivity index (χ4n) is 1.81. The van der Waals surface area contributed by atoms with Crippen LogP contribution in [0.1, 0.15) is 24.1 Å². The third kappa shape index (κ3) is 3.72. The van der Waals surface area contributed by atoms with Crippen molar-refractivity contribution < 1.29 is 4.92 Å². The van der Waals surface area contributed by atoms with Crippen molar-refractivity contribution in [3.05, 3.63) is 50.1 Å². The van der Waals surface area contributed by atoms with Crippen molar-refractivity contribution in [3.63, 3.8) is 0 Å². The lowest BCUT2D eigenvalue weighted by molar-refractivity contribution is -0.385. The molecule has 0 atom stereocenters. The zero-order valence-electron chi connectivity index (χ0n) is 11.6. The highest BCUT2D eigenvalue weighted by Crippen LogP contribution is 2.25. The van der Waals surface area contributed by atoms with Crippen molar-refractivity contribution in [1.29, 1.82) is 0 Å². The first kappa shape index (κ1) is 15.3. The van der Waals surface area contributed by atoms with Gasteiger partial charge in [-0.1, -0.05) is 6.92 Å². The molecule has 0 aliphatic rings. The van der Waals surface area contributed by atoms with Crippen LogP contribution < -0.4 is 5.32 Å². The third-order valence-corrected chi connectivity index (χ3v) is 3.30. The smallest absolute Gasteiger partial charge is 0.332 e. The second-order valence-corrected chi connectivity index (χ2v) is 5.27. The van der Waals surface area contributed by atoms with E-state index in [1.165, 1.54) is 0 Å². The molecule has 21 heavy (non-hydrogen) atoms. The minimum Gasteiger partial charge on any atom is -0.359 e. The van der Waals surface area contributed by atoms with Gasteiger partial charge in [-0.2, -0.15) is 0 Å². The highest BCUT2D eigenvalue weighted by Gasteiger charge is 2.21. The summed E-state index contributed by atoms with van der Waals surface area (Å²) in [5.41, 5.74) is 1.03. The number of rotatable bonds is 5. The molecular weight excluding hydrogens is 338 g/mol. The Bertz CT molecular complexity index is 660. The summed E-state index contributed by atoms with van der Waals surface area (Å²) < 4.78 is 0.878. The van der Waals surface area contributed by atoms with E-state index in [0.29, 0.717) is 24.5 Å². The molecule has 2 rings (SSSR count). The molecule has 8 heteroatoms. The lowest BCUT2D eigenvalue weighted by Gasteiger charge is -2.09. The number of hydrogen-bond acceptors (Lipinski definition) is 6. The first-order valence-corrected chi connectivity index (χ1v) is 7.16. The number of pyridine rings is 1. The summed E-state index contributed by atoms with van der Waals surface area (Å²) in [7, 11) is 0. The lowest BCUT2D eigenvalue weighted by atomic mass is 10.3. The van der Waals surface area contributed by atoms with Gasteiger partial charge in [0.05, 0.1) is 17.2 Å². The Morgan fingerprint density at radius 2 is 2.14 bits per heavy atom. The summed E-state index contributed by atoms with van der Waals surface area (Å²) in [4.78, 5) is 23.2. The van der Waals surface area contributed by atoms with Gasteiger partial charge in [-0.3, -0.25) is 15.1 Å². The Kier molecular flexibility index (Phi) is 4.79. The maximum absolute atomic E-state index is 11.2. The first-order valence-electron chi connectivity index (χ1n) is 6.37. The number of nitrogens with one attached hydrogen (secondary N) is 1. The van der Waals surface area contributed by atoms with Gasteiger partial charge in [-0.15, -0.1) is 0 Å². The van der Waals surface area contributed by atoms with Crippen LogP contribution in [0.15, 0.2) is 22.8 Å². The molecular formula is C13H14BrN5O2. The van der Waals surface area contributed by atoms with E-state index < -0.39 is 4.92 Å². The number of nitrogens with zero attached hydrogens (tertiary/aromatic N) is 4. The van der Waals surface area contributed by atoms with E-state index in [9.17, 15) is 10.1 Å². The molecule has 0 spiro atoms. The lowest BCUT2D eigenvalue weighted by Crippen LogP contribution is -2.10. The van der Waals surface area contributed by atoms with E-state index in [1.54, 1.807) is 13.1 Å². The Hall–Kier alpha value is -2.09. The van der Waals surface area contributed by atoms with Crippen LogP contribution in [0.4, 0.5) is 11.5 Å². The van der Waals surface area contributed by atoms with Crippen LogP contribution in [0.2, 0.25) is 0 Å². The molecule has 0 aliphatic carbocycles. The zero-order valence-corrected chi connectivity index (χ0v) is 13.2. The molecule has 0 bridgehead atoms. The Labute approximate surface area is 130 Å². The molecule has 110 valence electrons. The normalized spacial score (nSPS) is 10.4. The first-order chi connectivity index (χ1) is 10.0. The molecule has 0 radical (unpaired) electrons. The van der Waals surface area contributed by atoms with Gasteiger partial charge in [0.2, 0.25) is 5.82 Å². The van der Waals surface area contributed by atoms with Crippen LogP contribution >= 0.6 is 15.9 Å². The van der Waals surface area contributed by atoms with E-state index in [1.807, 2.05) is 19.1 Å². The van der Waals surface area contributed by atoms with Gasteiger partial charge >= 0.3 is 5.69 Å². The minimum atomic E-state index is -0.466. The predicted molar refractivity (Wildman–Crippen MR) is 82.1 cm³/mol. The second kappa shape index (κ2) is 6.57. The highest BCUT2D eigenvalue weighted by molar-refractivity contribution is 9.10. The van der Waals surface area contributed by atoms with Crippen molar-refractivity contribution in [2.75, 3.05) is 5.32 Å². The van der Waals surface area contributed by atoms with Gasteiger partial charge in [0.1, 0.15) is 11.5 Å². The molecule has 2 heterocycles.